The first-order chi connectivity index (χ1) is 25.0. The summed E-state index contributed by atoms with van der Waals surface area (Å²) in [6, 6.07) is 11.7. The van der Waals surface area contributed by atoms with Gasteiger partial charge >= 0.3 is 29.1 Å². The molecule has 10 nitrogen and oxygen atoms in total. The Kier molecular flexibility index (Phi) is 13.7. The van der Waals surface area contributed by atoms with Crippen LogP contribution in [0.25, 0.3) is 0 Å². The van der Waals surface area contributed by atoms with Crippen LogP contribution in [-0.2, 0) is 45.9 Å². The summed E-state index contributed by atoms with van der Waals surface area (Å²) in [6.45, 7) is 25.7. The van der Waals surface area contributed by atoms with Gasteiger partial charge in [0, 0.05) is 25.3 Å². The Morgan fingerprint density at radius 3 is 1.74 bits per heavy atom. The van der Waals surface area contributed by atoms with Gasteiger partial charge < -0.3 is 36.3 Å². The van der Waals surface area contributed by atoms with Crippen LogP contribution in [0.4, 0.5) is 0 Å². The smallest absolute Gasteiger partial charge is 0.352 e. The number of hydrogen-bond donors (Lipinski definition) is 0. The first-order valence-corrected chi connectivity index (χ1v) is 27.0. The molecule has 7 atom stereocenters. The SMILES string of the molecule is CC[Si](CC)(CC)O[C@H]1[C@H](OC(=O)[C@@H](OC(C)=O)c2ccccc2)[C@H]2OC3(CCCCC3)O[C@H]2[C@H]2O[Si](C(C)C)(C(C)C)O[Si](C(C)C)(C(C)C)O[C@H]12. The Morgan fingerprint density at radius 1 is 0.736 bits per heavy atom. The van der Waals surface area contributed by atoms with Crippen molar-refractivity contribution >= 4 is 37.4 Å². The maximum absolute atomic E-state index is 14.6. The quantitative estimate of drug-likeness (QED) is 0.142. The average Bonchev–Trinajstić information content (AvgIpc) is 3.38. The third kappa shape index (κ3) is 8.21. The summed E-state index contributed by atoms with van der Waals surface area (Å²) in [5.41, 5.74) is 0.964. The maximum Gasteiger partial charge on any atom is 0.352 e. The van der Waals surface area contributed by atoms with E-state index in [-0.39, 0.29) is 22.2 Å². The molecule has 2 saturated heterocycles. The molecule has 4 aliphatic rings. The van der Waals surface area contributed by atoms with Gasteiger partial charge in [0.05, 0.1) is 0 Å². The first-order valence-electron chi connectivity index (χ1n) is 20.5. The van der Waals surface area contributed by atoms with Crippen LogP contribution >= 0.6 is 0 Å². The summed E-state index contributed by atoms with van der Waals surface area (Å²) in [4.78, 5) is 27.0. The molecule has 5 rings (SSSR count). The number of fused-ring (bicyclic) bond motifs is 3. The zero-order valence-electron chi connectivity index (χ0n) is 34.5. The molecule has 4 fully saturated rings. The Bertz CT molecular complexity index is 1360. The minimum absolute atomic E-state index is 0.0935. The van der Waals surface area contributed by atoms with Gasteiger partial charge in [-0.25, -0.2) is 4.79 Å². The van der Waals surface area contributed by atoms with Crippen molar-refractivity contribution in [2.75, 3.05) is 0 Å². The van der Waals surface area contributed by atoms with Crippen molar-refractivity contribution in [1.29, 1.82) is 0 Å². The molecule has 1 aromatic rings. The van der Waals surface area contributed by atoms with Crippen molar-refractivity contribution in [3.63, 3.8) is 0 Å². The number of benzene rings is 1. The highest BCUT2D eigenvalue weighted by atomic mass is 28.5. The molecule has 0 bridgehead atoms. The molecule has 53 heavy (non-hydrogen) atoms. The lowest BCUT2D eigenvalue weighted by Gasteiger charge is -2.50. The molecule has 13 heteroatoms. The largest absolute Gasteiger partial charge is 0.454 e. The third-order valence-electron chi connectivity index (χ3n) is 12.6. The van der Waals surface area contributed by atoms with Crippen LogP contribution in [0, 0.1) is 0 Å². The molecule has 0 aromatic heterocycles. The number of ether oxygens (including phenoxy) is 4. The van der Waals surface area contributed by atoms with E-state index in [0.717, 1.165) is 50.2 Å². The van der Waals surface area contributed by atoms with Crippen molar-refractivity contribution in [3.05, 3.63) is 35.9 Å². The standard InChI is InChI=1S/C40H68O10Si3/c1-13-51(14-2,15-3)47-36-33(44-39(42)32(43-30(12)41)31-22-18-16-19-23-31)34-35(46-40(45-34)24-20-17-21-25-40)37-38(36)49-53(28(8)9,29(10)11)50-52(48-37,26(4)5)27(6)7/h16,18-19,22-23,26-29,32-38H,13-15,17,20-21,24-25H2,1-12H3/t32-,33+,34+,35+,36-,37+,38+/m0/s1. The second-order valence-corrected chi connectivity index (χ2v) is 30.6. The number of esters is 2. The molecular weight excluding hydrogens is 725 g/mol. The van der Waals surface area contributed by atoms with Gasteiger partial charge in [-0.05, 0) is 53.1 Å². The third-order valence-corrected chi connectivity index (χ3v) is 27.5. The number of rotatable bonds is 13. The molecule has 2 aliphatic heterocycles. The lowest BCUT2D eigenvalue weighted by molar-refractivity contribution is -0.213. The molecule has 300 valence electrons. The molecule has 2 heterocycles. The zero-order chi connectivity index (χ0) is 38.9. The van der Waals surface area contributed by atoms with Crippen molar-refractivity contribution in [2.45, 2.75) is 204 Å². The van der Waals surface area contributed by atoms with Crippen LogP contribution in [0.1, 0.15) is 127 Å². The normalized spacial score (nSPS) is 29.9. The van der Waals surface area contributed by atoms with Gasteiger partial charge in [0.15, 0.2) is 20.2 Å². The van der Waals surface area contributed by atoms with E-state index >= 15 is 0 Å². The van der Waals surface area contributed by atoms with E-state index < -0.39 is 85.9 Å². The fourth-order valence-corrected chi connectivity index (χ4v) is 23.5. The summed E-state index contributed by atoms with van der Waals surface area (Å²) in [5.74, 6) is -2.09. The van der Waals surface area contributed by atoms with Crippen LogP contribution in [0.5, 0.6) is 0 Å². The Labute approximate surface area is 322 Å². The highest BCUT2D eigenvalue weighted by Gasteiger charge is 2.70. The van der Waals surface area contributed by atoms with Gasteiger partial charge in [0.1, 0.15) is 30.5 Å². The summed E-state index contributed by atoms with van der Waals surface area (Å²) < 4.78 is 57.2. The zero-order valence-corrected chi connectivity index (χ0v) is 37.5. The minimum Gasteiger partial charge on any atom is -0.454 e. The van der Waals surface area contributed by atoms with Crippen LogP contribution in [0.15, 0.2) is 30.3 Å². The second-order valence-electron chi connectivity index (χ2n) is 17.1. The predicted molar refractivity (Wildman–Crippen MR) is 211 cm³/mol. The van der Waals surface area contributed by atoms with E-state index in [1.807, 2.05) is 18.2 Å². The molecule has 1 aromatic carbocycles. The van der Waals surface area contributed by atoms with E-state index in [2.05, 4.69) is 76.2 Å². The van der Waals surface area contributed by atoms with Crippen molar-refractivity contribution in [2.24, 2.45) is 0 Å². The van der Waals surface area contributed by atoms with Crippen LogP contribution < -0.4 is 0 Å². The lowest BCUT2D eigenvalue weighted by Crippen LogP contribution is -2.69. The number of carbonyl (C=O) groups is 2. The van der Waals surface area contributed by atoms with Crippen LogP contribution in [0.2, 0.25) is 40.3 Å². The maximum atomic E-state index is 14.6. The first kappa shape index (κ1) is 42.7. The molecular formula is C40H68O10Si3. The summed E-state index contributed by atoms with van der Waals surface area (Å²) in [5, 5.41) is 0. The molecule has 0 unspecified atom stereocenters. The molecule has 2 aliphatic carbocycles. The topological polar surface area (TPSA) is 108 Å². The summed E-state index contributed by atoms with van der Waals surface area (Å²) >= 11 is 0. The van der Waals surface area contributed by atoms with Crippen LogP contribution in [0.3, 0.4) is 0 Å². The predicted octanol–water partition coefficient (Wildman–Crippen LogP) is 9.38. The van der Waals surface area contributed by atoms with E-state index in [1.165, 1.54) is 6.92 Å². The van der Waals surface area contributed by atoms with Crippen molar-refractivity contribution in [3.8, 4) is 0 Å². The number of carbonyl (C=O) groups excluding carboxylic acids is 2. The summed E-state index contributed by atoms with van der Waals surface area (Å²) in [7, 11) is -8.53. The molecule has 0 amide bonds. The van der Waals surface area contributed by atoms with Gasteiger partial charge in [-0.2, -0.15) is 0 Å². The Hall–Kier alpha value is -1.43. The van der Waals surface area contributed by atoms with E-state index in [1.54, 1.807) is 12.1 Å². The van der Waals surface area contributed by atoms with Gasteiger partial charge in [-0.3, -0.25) is 4.79 Å². The highest BCUT2D eigenvalue weighted by molar-refractivity contribution is 6.84. The lowest BCUT2D eigenvalue weighted by atomic mass is 9.85. The molecule has 0 N–H and O–H groups in total. The van der Waals surface area contributed by atoms with Gasteiger partial charge in [-0.15, -0.1) is 0 Å². The molecule has 0 radical (unpaired) electrons. The van der Waals surface area contributed by atoms with Gasteiger partial charge in [-0.1, -0.05) is 113 Å². The second kappa shape index (κ2) is 17.0. The Morgan fingerprint density at radius 2 is 1.25 bits per heavy atom. The van der Waals surface area contributed by atoms with Gasteiger partial charge in [0.25, 0.3) is 0 Å². The Balaban J connectivity index is 1.73. The fraction of sp³-hybridized carbons (Fsp3) is 0.800. The fourth-order valence-electron chi connectivity index (χ4n) is 9.38. The molecule has 2 saturated carbocycles. The molecule has 1 spiro atoms. The van der Waals surface area contributed by atoms with Gasteiger partial charge in [0.2, 0.25) is 6.10 Å². The average molecular weight is 793 g/mol. The monoisotopic (exact) mass is 792 g/mol. The summed E-state index contributed by atoms with van der Waals surface area (Å²) in [6.07, 6.45) is -0.886. The highest BCUT2D eigenvalue weighted by Crippen LogP contribution is 2.54. The van der Waals surface area contributed by atoms with Crippen molar-refractivity contribution < 1.29 is 45.9 Å². The minimum atomic E-state index is -3.10. The van der Waals surface area contributed by atoms with E-state index in [9.17, 15) is 9.59 Å². The van der Waals surface area contributed by atoms with E-state index in [0.29, 0.717) is 5.56 Å². The van der Waals surface area contributed by atoms with Crippen LogP contribution in [-0.4, -0.2) is 79.8 Å². The number of hydrogen-bond acceptors (Lipinski definition) is 10. The van der Waals surface area contributed by atoms with Crippen molar-refractivity contribution in [1.82, 2.24) is 0 Å². The van der Waals surface area contributed by atoms with E-state index in [4.69, 9.17) is 36.3 Å².